The van der Waals surface area contributed by atoms with Crippen LogP contribution in [0.15, 0.2) is 0 Å². The number of likely N-dealkylation sites (tertiary alicyclic amines) is 1. The van der Waals surface area contributed by atoms with Crippen LogP contribution < -0.4 is 5.32 Å². The molecule has 1 aliphatic heterocycles. The van der Waals surface area contributed by atoms with Gasteiger partial charge in [-0.15, -0.1) is 0 Å². The largest absolute Gasteiger partial charge is 0.390 e. The number of hydrogen-bond acceptors (Lipinski definition) is 3. The van der Waals surface area contributed by atoms with E-state index in [0.29, 0.717) is 24.4 Å². The van der Waals surface area contributed by atoms with Crippen LogP contribution >= 0.6 is 11.8 Å². The van der Waals surface area contributed by atoms with E-state index in [-0.39, 0.29) is 6.03 Å². The van der Waals surface area contributed by atoms with Gasteiger partial charge in [-0.05, 0) is 46.0 Å². The number of urea groups is 1. The van der Waals surface area contributed by atoms with Crippen LogP contribution in [0.1, 0.15) is 52.9 Å². The highest BCUT2D eigenvalue weighted by Crippen LogP contribution is 2.39. The molecule has 1 saturated carbocycles. The molecular weight excluding hydrogens is 284 g/mol. The average Bonchev–Trinajstić information content (AvgIpc) is 2.72. The summed E-state index contributed by atoms with van der Waals surface area (Å²) in [5.41, 5.74) is -0.631. The van der Waals surface area contributed by atoms with E-state index in [1.807, 2.05) is 13.8 Å². The number of fused-ring (bicyclic) bond motifs is 1. The Hall–Kier alpha value is -0.420. The highest BCUT2D eigenvalue weighted by Gasteiger charge is 2.42. The number of nitrogens with zero attached hydrogens (tertiary/aromatic N) is 1. The number of amides is 2. The first-order valence-electron chi connectivity index (χ1n) is 8.25. The van der Waals surface area contributed by atoms with Crippen LogP contribution in [0.2, 0.25) is 0 Å². The normalized spacial score (nSPS) is 29.3. The third-order valence-corrected chi connectivity index (χ3v) is 5.96. The van der Waals surface area contributed by atoms with E-state index in [9.17, 15) is 9.90 Å². The first-order chi connectivity index (χ1) is 9.88. The number of hydrogen-bond donors (Lipinski definition) is 2. The number of nitrogens with one attached hydrogen (secondary N) is 1. The first-order valence-corrected chi connectivity index (χ1v) is 9.40. The minimum absolute atomic E-state index is 0.112. The van der Waals surface area contributed by atoms with Crippen LogP contribution in [0.4, 0.5) is 4.79 Å². The molecular formula is C16H30N2O2S. The summed E-state index contributed by atoms with van der Waals surface area (Å²) in [6.07, 6.45) is 6.23. The molecule has 3 atom stereocenters. The summed E-state index contributed by atoms with van der Waals surface area (Å²) in [6.45, 7) is 6.49. The third kappa shape index (κ3) is 4.78. The van der Waals surface area contributed by atoms with Crippen molar-refractivity contribution in [3.05, 3.63) is 0 Å². The Morgan fingerprint density at radius 3 is 2.81 bits per heavy atom. The molecule has 122 valence electrons. The standard InChI is InChI=1S/C16H30N2O2S/c1-12-10-13-6-4-5-7-14(13)18(12)15(19)17-8-9-21-11-16(2,3)20/h12-14,20H,4-11H2,1-3H3,(H,17,19)/t12-,13+,14-/m1/s1. The number of rotatable bonds is 5. The zero-order chi connectivity index (χ0) is 15.5. The van der Waals surface area contributed by atoms with E-state index >= 15 is 0 Å². The summed E-state index contributed by atoms with van der Waals surface area (Å²) in [6, 6.07) is 0.959. The molecule has 2 amide bonds. The Morgan fingerprint density at radius 2 is 2.10 bits per heavy atom. The fourth-order valence-electron chi connectivity index (χ4n) is 3.70. The quantitative estimate of drug-likeness (QED) is 0.767. The zero-order valence-corrected chi connectivity index (χ0v) is 14.4. The summed E-state index contributed by atoms with van der Waals surface area (Å²) >= 11 is 1.69. The second-order valence-corrected chi connectivity index (χ2v) is 8.31. The van der Waals surface area contributed by atoms with Gasteiger partial charge in [0.1, 0.15) is 0 Å². The maximum absolute atomic E-state index is 12.4. The molecule has 2 fully saturated rings. The van der Waals surface area contributed by atoms with Gasteiger partial charge < -0.3 is 15.3 Å². The Kier molecular flexibility index (Phi) is 5.83. The summed E-state index contributed by atoms with van der Waals surface area (Å²) < 4.78 is 0. The lowest BCUT2D eigenvalue weighted by atomic mass is 9.85. The summed E-state index contributed by atoms with van der Waals surface area (Å²) in [5, 5.41) is 12.7. The van der Waals surface area contributed by atoms with Crippen molar-refractivity contribution in [1.82, 2.24) is 10.2 Å². The summed E-state index contributed by atoms with van der Waals surface area (Å²) in [4.78, 5) is 14.5. The second-order valence-electron chi connectivity index (χ2n) is 7.20. The van der Waals surface area contributed by atoms with Crippen LogP contribution in [0, 0.1) is 5.92 Å². The summed E-state index contributed by atoms with van der Waals surface area (Å²) in [7, 11) is 0. The van der Waals surface area contributed by atoms with Gasteiger partial charge in [-0.1, -0.05) is 12.8 Å². The fourth-order valence-corrected chi connectivity index (χ4v) is 4.59. The highest BCUT2D eigenvalue weighted by molar-refractivity contribution is 7.99. The van der Waals surface area contributed by atoms with E-state index in [1.165, 1.54) is 32.1 Å². The van der Waals surface area contributed by atoms with Crippen molar-refractivity contribution in [2.75, 3.05) is 18.1 Å². The van der Waals surface area contributed by atoms with Gasteiger partial charge in [-0.25, -0.2) is 4.79 Å². The van der Waals surface area contributed by atoms with Crippen molar-refractivity contribution in [2.24, 2.45) is 5.92 Å². The Balaban J connectivity index is 1.72. The van der Waals surface area contributed by atoms with Crippen molar-refractivity contribution in [2.45, 2.75) is 70.6 Å². The molecule has 21 heavy (non-hydrogen) atoms. The molecule has 2 N–H and O–H groups in total. The Morgan fingerprint density at radius 1 is 1.38 bits per heavy atom. The maximum Gasteiger partial charge on any atom is 0.317 e. The number of thioether (sulfide) groups is 1. The van der Waals surface area contributed by atoms with Crippen molar-refractivity contribution < 1.29 is 9.90 Å². The molecule has 0 unspecified atom stereocenters. The Labute approximate surface area is 133 Å². The van der Waals surface area contributed by atoms with E-state index in [4.69, 9.17) is 0 Å². The maximum atomic E-state index is 12.4. The molecule has 0 aromatic carbocycles. The van der Waals surface area contributed by atoms with Crippen molar-refractivity contribution >= 4 is 17.8 Å². The number of carbonyl (C=O) groups is 1. The second kappa shape index (κ2) is 7.23. The molecule has 1 saturated heterocycles. The highest BCUT2D eigenvalue weighted by atomic mass is 32.2. The lowest BCUT2D eigenvalue weighted by Crippen LogP contribution is -2.48. The minimum Gasteiger partial charge on any atom is -0.390 e. The molecule has 4 nitrogen and oxygen atoms in total. The van der Waals surface area contributed by atoms with Gasteiger partial charge in [0.25, 0.3) is 0 Å². The number of carbonyl (C=O) groups excluding carboxylic acids is 1. The van der Waals surface area contributed by atoms with Crippen LogP contribution in [0.3, 0.4) is 0 Å². The average molecular weight is 314 g/mol. The first kappa shape index (κ1) is 16.9. The topological polar surface area (TPSA) is 52.6 Å². The molecule has 1 heterocycles. The van der Waals surface area contributed by atoms with Crippen molar-refractivity contribution in [1.29, 1.82) is 0 Å². The van der Waals surface area contributed by atoms with Gasteiger partial charge >= 0.3 is 6.03 Å². The van der Waals surface area contributed by atoms with Crippen LogP contribution in [0.5, 0.6) is 0 Å². The summed E-state index contributed by atoms with van der Waals surface area (Å²) in [5.74, 6) is 2.28. The zero-order valence-electron chi connectivity index (χ0n) is 13.6. The van der Waals surface area contributed by atoms with Gasteiger partial charge in [0.15, 0.2) is 0 Å². The molecule has 0 spiro atoms. The molecule has 2 aliphatic rings. The molecule has 0 aromatic heterocycles. The number of aliphatic hydroxyl groups is 1. The molecule has 1 aliphatic carbocycles. The lowest BCUT2D eigenvalue weighted by molar-refractivity contribution is 0.107. The minimum atomic E-state index is -0.631. The van der Waals surface area contributed by atoms with E-state index in [0.717, 1.165) is 11.7 Å². The Bertz CT molecular complexity index is 357. The molecule has 0 bridgehead atoms. The van der Waals surface area contributed by atoms with Crippen LogP contribution in [-0.2, 0) is 0 Å². The van der Waals surface area contributed by atoms with Crippen molar-refractivity contribution in [3.8, 4) is 0 Å². The van der Waals surface area contributed by atoms with Gasteiger partial charge in [0.2, 0.25) is 0 Å². The molecule has 2 rings (SSSR count). The van der Waals surface area contributed by atoms with Gasteiger partial charge in [0, 0.05) is 30.1 Å². The fraction of sp³-hybridized carbons (Fsp3) is 0.938. The monoisotopic (exact) mass is 314 g/mol. The third-order valence-electron chi connectivity index (χ3n) is 4.56. The molecule has 0 radical (unpaired) electrons. The SMILES string of the molecule is C[C@@H]1C[C@@H]2CCCC[C@H]2N1C(=O)NCCSCC(C)(C)O. The van der Waals surface area contributed by atoms with Crippen LogP contribution in [0.25, 0.3) is 0 Å². The lowest BCUT2D eigenvalue weighted by Gasteiger charge is -2.33. The van der Waals surface area contributed by atoms with E-state index in [1.54, 1.807) is 11.8 Å². The van der Waals surface area contributed by atoms with Crippen molar-refractivity contribution in [3.63, 3.8) is 0 Å². The molecule has 5 heteroatoms. The van der Waals surface area contributed by atoms with E-state index in [2.05, 4.69) is 17.1 Å². The van der Waals surface area contributed by atoms with Crippen LogP contribution in [-0.4, -0.2) is 51.8 Å². The van der Waals surface area contributed by atoms with E-state index < -0.39 is 5.60 Å². The van der Waals surface area contributed by atoms with Gasteiger partial charge in [0.05, 0.1) is 5.60 Å². The van der Waals surface area contributed by atoms with Gasteiger partial charge in [-0.2, -0.15) is 11.8 Å². The van der Waals surface area contributed by atoms with Gasteiger partial charge in [-0.3, -0.25) is 0 Å². The smallest absolute Gasteiger partial charge is 0.317 e. The predicted molar refractivity (Wildman–Crippen MR) is 88.7 cm³/mol. The molecule has 0 aromatic rings. The predicted octanol–water partition coefficient (Wildman–Crippen LogP) is 2.85.